The average Bonchev–Trinajstić information content (AvgIpc) is 1.62. The zero-order valence-electron chi connectivity index (χ0n) is 5.92. The summed E-state index contributed by atoms with van der Waals surface area (Å²) in [5.41, 5.74) is 0. The third-order valence-corrected chi connectivity index (χ3v) is 2.19. The fraction of sp³-hybridized carbons (Fsp3) is 0.833. The highest BCUT2D eigenvalue weighted by Crippen LogP contribution is 2.02. The highest BCUT2D eigenvalue weighted by molar-refractivity contribution is 7.90. The van der Waals surface area contributed by atoms with Gasteiger partial charge >= 0.3 is 0 Å². The van der Waals surface area contributed by atoms with E-state index in [1.807, 2.05) is 6.92 Å². The summed E-state index contributed by atoms with van der Waals surface area (Å²) in [5.74, 6) is 0.267. The molecule has 9 heavy (non-hydrogen) atoms. The highest BCUT2D eigenvalue weighted by Gasteiger charge is 2.07. The van der Waals surface area contributed by atoms with Gasteiger partial charge in [0.2, 0.25) is 0 Å². The molecule has 0 bridgehead atoms. The van der Waals surface area contributed by atoms with Crippen molar-refractivity contribution in [1.82, 2.24) is 0 Å². The molecule has 0 aliphatic rings. The molecule has 0 aromatic rings. The molecular weight excluding hydrogens is 136 g/mol. The van der Waals surface area contributed by atoms with Crippen molar-refractivity contribution in [2.75, 3.05) is 12.0 Å². The van der Waals surface area contributed by atoms with Gasteiger partial charge in [-0.1, -0.05) is 13.3 Å². The molecule has 0 fully saturated rings. The maximum Gasteiger partial charge on any atom is 0.147 e. The predicted molar refractivity (Wildman–Crippen MR) is 38.8 cm³/mol. The van der Waals surface area contributed by atoms with Gasteiger partial charge in [0.05, 0.1) is 5.75 Å². The number of sulfone groups is 1. The standard InChI is InChI=1S/C6H13O2S/c1-4-6(2)5-9(3,7)8/h6H,2,4-5H2,1,3H3. The highest BCUT2D eigenvalue weighted by atomic mass is 32.2. The predicted octanol–water partition coefficient (Wildman–Crippen LogP) is 0.891. The Labute approximate surface area is 57.2 Å². The molecule has 1 unspecified atom stereocenters. The number of hydrogen-bond donors (Lipinski definition) is 0. The number of hydrogen-bond acceptors (Lipinski definition) is 2. The average molecular weight is 149 g/mol. The van der Waals surface area contributed by atoms with E-state index in [1.165, 1.54) is 6.26 Å². The van der Waals surface area contributed by atoms with Crippen LogP contribution in [0.3, 0.4) is 0 Å². The lowest BCUT2D eigenvalue weighted by Crippen LogP contribution is -2.10. The molecule has 0 aliphatic carbocycles. The van der Waals surface area contributed by atoms with E-state index in [4.69, 9.17) is 0 Å². The summed E-state index contributed by atoms with van der Waals surface area (Å²) in [7, 11) is -2.80. The molecule has 0 aromatic carbocycles. The fourth-order valence-electron chi connectivity index (χ4n) is 0.546. The lowest BCUT2D eigenvalue weighted by molar-refractivity contribution is 0.585. The summed E-state index contributed by atoms with van der Waals surface area (Å²) in [5, 5.41) is 0. The van der Waals surface area contributed by atoms with Gasteiger partial charge in [-0.15, -0.1) is 0 Å². The van der Waals surface area contributed by atoms with E-state index >= 15 is 0 Å². The summed E-state index contributed by atoms with van der Waals surface area (Å²) < 4.78 is 21.1. The molecule has 0 saturated carbocycles. The molecule has 0 heterocycles. The van der Waals surface area contributed by atoms with E-state index in [0.29, 0.717) is 0 Å². The van der Waals surface area contributed by atoms with Crippen molar-refractivity contribution < 1.29 is 8.42 Å². The fourth-order valence-corrected chi connectivity index (χ4v) is 1.64. The lowest BCUT2D eigenvalue weighted by Gasteiger charge is -2.03. The number of rotatable bonds is 3. The van der Waals surface area contributed by atoms with E-state index in [-0.39, 0.29) is 11.7 Å². The van der Waals surface area contributed by atoms with Crippen LogP contribution in [0.25, 0.3) is 0 Å². The third kappa shape index (κ3) is 5.83. The summed E-state index contributed by atoms with van der Waals surface area (Å²) in [4.78, 5) is 0. The van der Waals surface area contributed by atoms with Crippen molar-refractivity contribution in [3.05, 3.63) is 6.92 Å². The molecule has 0 aliphatic heterocycles. The minimum absolute atomic E-state index is 0.0556. The molecule has 0 aromatic heterocycles. The van der Waals surface area contributed by atoms with Crippen LogP contribution in [-0.4, -0.2) is 20.4 Å². The first-order valence-corrected chi connectivity index (χ1v) is 5.02. The van der Waals surface area contributed by atoms with Crippen LogP contribution in [0.5, 0.6) is 0 Å². The largest absolute Gasteiger partial charge is 0.229 e. The molecule has 0 amide bonds. The molecule has 2 nitrogen and oxygen atoms in total. The second-order valence-electron chi connectivity index (χ2n) is 2.37. The molecule has 0 saturated heterocycles. The Bertz CT molecular complexity index is 158. The minimum atomic E-state index is -2.80. The van der Waals surface area contributed by atoms with Crippen LogP contribution in [-0.2, 0) is 9.84 Å². The van der Waals surface area contributed by atoms with Crippen LogP contribution in [0.1, 0.15) is 13.3 Å². The molecular formula is C6H13O2S. The van der Waals surface area contributed by atoms with Gasteiger partial charge in [0, 0.05) is 6.26 Å². The SMILES string of the molecule is [CH2]C(CC)CS(C)(=O)=O. The Kier molecular flexibility index (Phi) is 3.18. The first-order chi connectivity index (χ1) is 3.95. The van der Waals surface area contributed by atoms with Crippen molar-refractivity contribution in [3.8, 4) is 0 Å². The van der Waals surface area contributed by atoms with Crippen LogP contribution in [0.4, 0.5) is 0 Å². The maximum absolute atomic E-state index is 10.6. The lowest BCUT2D eigenvalue weighted by atomic mass is 10.2. The van der Waals surface area contributed by atoms with Crippen LogP contribution >= 0.6 is 0 Å². The van der Waals surface area contributed by atoms with E-state index < -0.39 is 9.84 Å². The van der Waals surface area contributed by atoms with Crippen molar-refractivity contribution in [1.29, 1.82) is 0 Å². The van der Waals surface area contributed by atoms with Gasteiger partial charge < -0.3 is 0 Å². The quantitative estimate of drug-likeness (QED) is 0.597. The molecule has 0 spiro atoms. The summed E-state index contributed by atoms with van der Waals surface area (Å²) in [6, 6.07) is 0. The van der Waals surface area contributed by atoms with Crippen molar-refractivity contribution in [2.24, 2.45) is 5.92 Å². The molecule has 55 valence electrons. The van der Waals surface area contributed by atoms with Crippen LogP contribution in [0.15, 0.2) is 0 Å². The van der Waals surface area contributed by atoms with E-state index in [0.717, 1.165) is 6.42 Å². The zero-order chi connectivity index (χ0) is 7.49. The summed E-state index contributed by atoms with van der Waals surface area (Å²) in [6.07, 6.45) is 2.06. The van der Waals surface area contributed by atoms with Crippen LogP contribution < -0.4 is 0 Å². The van der Waals surface area contributed by atoms with Crippen LogP contribution in [0.2, 0.25) is 0 Å². The molecule has 3 heteroatoms. The van der Waals surface area contributed by atoms with E-state index in [9.17, 15) is 8.42 Å². The van der Waals surface area contributed by atoms with Gasteiger partial charge in [0.15, 0.2) is 0 Å². The van der Waals surface area contributed by atoms with Gasteiger partial charge in [-0.2, -0.15) is 0 Å². The van der Waals surface area contributed by atoms with E-state index in [1.54, 1.807) is 0 Å². The monoisotopic (exact) mass is 149 g/mol. The Morgan fingerprint density at radius 1 is 1.56 bits per heavy atom. The first-order valence-electron chi connectivity index (χ1n) is 2.96. The molecule has 0 rings (SSSR count). The summed E-state index contributed by atoms with van der Waals surface area (Å²) >= 11 is 0. The normalized spacial score (nSPS) is 15.4. The zero-order valence-corrected chi connectivity index (χ0v) is 6.74. The second kappa shape index (κ2) is 3.20. The second-order valence-corrected chi connectivity index (χ2v) is 4.55. The summed E-state index contributed by atoms with van der Waals surface area (Å²) in [6.45, 7) is 5.60. The molecule has 0 N–H and O–H groups in total. The van der Waals surface area contributed by atoms with E-state index in [2.05, 4.69) is 6.92 Å². The van der Waals surface area contributed by atoms with Crippen LogP contribution in [0, 0.1) is 12.8 Å². The third-order valence-electron chi connectivity index (χ3n) is 1.12. The molecule has 1 atom stereocenters. The van der Waals surface area contributed by atoms with Gasteiger partial charge in [0.25, 0.3) is 0 Å². The first kappa shape index (κ1) is 8.95. The van der Waals surface area contributed by atoms with Gasteiger partial charge in [-0.3, -0.25) is 0 Å². The Morgan fingerprint density at radius 2 is 2.00 bits per heavy atom. The minimum Gasteiger partial charge on any atom is -0.229 e. The van der Waals surface area contributed by atoms with Crippen molar-refractivity contribution in [3.63, 3.8) is 0 Å². The van der Waals surface area contributed by atoms with Gasteiger partial charge in [-0.05, 0) is 12.8 Å². The topological polar surface area (TPSA) is 34.1 Å². The van der Waals surface area contributed by atoms with Crippen molar-refractivity contribution in [2.45, 2.75) is 13.3 Å². The van der Waals surface area contributed by atoms with Crippen molar-refractivity contribution >= 4 is 9.84 Å². The Balaban J connectivity index is 3.75. The van der Waals surface area contributed by atoms with Gasteiger partial charge in [-0.25, -0.2) is 8.42 Å². The van der Waals surface area contributed by atoms with Gasteiger partial charge in [0.1, 0.15) is 9.84 Å². The molecule has 1 radical (unpaired) electrons. The Hall–Kier alpha value is -0.0500. The smallest absolute Gasteiger partial charge is 0.147 e. The Morgan fingerprint density at radius 3 is 2.11 bits per heavy atom. The maximum atomic E-state index is 10.6.